The van der Waals surface area contributed by atoms with E-state index in [9.17, 15) is 12.8 Å². The molecule has 0 bridgehead atoms. The van der Waals surface area contributed by atoms with Crippen molar-refractivity contribution < 1.29 is 17.5 Å². The molecule has 0 N–H and O–H groups in total. The lowest BCUT2D eigenvalue weighted by atomic mass is 10.0. The zero-order valence-electron chi connectivity index (χ0n) is 15.6. The van der Waals surface area contributed by atoms with E-state index in [4.69, 9.17) is 16.3 Å². The van der Waals surface area contributed by atoms with Gasteiger partial charge in [-0.3, -0.25) is 0 Å². The predicted octanol–water partition coefficient (Wildman–Crippen LogP) is 5.05. The van der Waals surface area contributed by atoms with Crippen LogP contribution >= 0.6 is 11.6 Å². The molecule has 5 nitrogen and oxygen atoms in total. The summed E-state index contributed by atoms with van der Waals surface area (Å²) in [7, 11) is -2.40. The number of ether oxygens (including phenoxy) is 1. The first-order valence-corrected chi connectivity index (χ1v) is 10.5. The Labute approximate surface area is 172 Å². The van der Waals surface area contributed by atoms with E-state index >= 15 is 0 Å². The third-order valence-electron chi connectivity index (χ3n) is 4.64. The quantitative estimate of drug-likeness (QED) is 0.454. The normalized spacial score (nSPS) is 11.7. The van der Waals surface area contributed by atoms with Gasteiger partial charge in [0.1, 0.15) is 11.6 Å². The maximum Gasteiger partial charge on any atom is 0.269 e. The van der Waals surface area contributed by atoms with Crippen molar-refractivity contribution in [1.82, 2.24) is 8.96 Å². The largest absolute Gasteiger partial charge is 0.496 e. The highest BCUT2D eigenvalue weighted by atomic mass is 35.5. The second kappa shape index (κ2) is 7.17. The molecule has 0 aliphatic carbocycles. The molecule has 2 aromatic heterocycles. The van der Waals surface area contributed by atoms with E-state index in [2.05, 4.69) is 4.98 Å². The molecule has 0 radical (unpaired) electrons. The van der Waals surface area contributed by atoms with Crippen LogP contribution in [0.4, 0.5) is 4.39 Å². The van der Waals surface area contributed by atoms with Gasteiger partial charge in [-0.05, 0) is 43.3 Å². The number of rotatable bonds is 4. The summed E-state index contributed by atoms with van der Waals surface area (Å²) in [5.74, 6) is -0.0523. The SMILES string of the molecule is COc1ccc(F)cc1-c1c(Cl)cnc2c1ccn2S(=O)(=O)c1ccc(C)cc1. The van der Waals surface area contributed by atoms with Crippen LogP contribution in [0.5, 0.6) is 5.75 Å². The summed E-state index contributed by atoms with van der Waals surface area (Å²) >= 11 is 6.38. The second-order valence-corrected chi connectivity index (χ2v) is 8.71. The van der Waals surface area contributed by atoms with Crippen molar-refractivity contribution >= 4 is 32.7 Å². The maximum atomic E-state index is 13.9. The molecule has 4 aromatic rings. The van der Waals surface area contributed by atoms with Gasteiger partial charge in [0.2, 0.25) is 0 Å². The number of pyridine rings is 1. The Kier molecular flexibility index (Phi) is 4.80. The highest BCUT2D eigenvalue weighted by Crippen LogP contribution is 2.40. The molecule has 0 saturated carbocycles. The minimum atomic E-state index is -3.87. The average molecular weight is 431 g/mol. The Hall–Kier alpha value is -2.90. The van der Waals surface area contributed by atoms with Gasteiger partial charge in [0.15, 0.2) is 5.65 Å². The fraction of sp³-hybridized carbons (Fsp3) is 0.0952. The number of benzene rings is 2. The Morgan fingerprint density at radius 1 is 1.10 bits per heavy atom. The van der Waals surface area contributed by atoms with Crippen molar-refractivity contribution in [3.05, 3.63) is 77.3 Å². The summed E-state index contributed by atoms with van der Waals surface area (Å²) < 4.78 is 46.6. The van der Waals surface area contributed by atoms with Gasteiger partial charge in [-0.15, -0.1) is 0 Å². The number of hydrogen-bond acceptors (Lipinski definition) is 4. The molecule has 8 heteroatoms. The highest BCUT2D eigenvalue weighted by molar-refractivity contribution is 7.90. The molecular formula is C21H16ClFN2O3S. The van der Waals surface area contributed by atoms with Gasteiger partial charge in [0, 0.05) is 28.9 Å². The van der Waals surface area contributed by atoms with Gasteiger partial charge in [0.05, 0.1) is 17.0 Å². The average Bonchev–Trinajstić information content (AvgIpc) is 3.13. The van der Waals surface area contributed by atoms with Crippen molar-refractivity contribution in [3.8, 4) is 16.9 Å². The molecule has 0 aliphatic heterocycles. The van der Waals surface area contributed by atoms with Crippen LogP contribution in [0, 0.1) is 12.7 Å². The summed E-state index contributed by atoms with van der Waals surface area (Å²) in [5.41, 5.74) is 2.00. The van der Waals surface area contributed by atoms with Crippen molar-refractivity contribution in [2.75, 3.05) is 7.11 Å². The zero-order chi connectivity index (χ0) is 20.8. The molecule has 148 valence electrons. The fourth-order valence-electron chi connectivity index (χ4n) is 3.21. The van der Waals surface area contributed by atoms with Crippen LogP contribution in [0.2, 0.25) is 5.02 Å². The van der Waals surface area contributed by atoms with Crippen LogP contribution in [0.3, 0.4) is 0 Å². The predicted molar refractivity (Wildman–Crippen MR) is 110 cm³/mol. The topological polar surface area (TPSA) is 61.2 Å². The lowest BCUT2D eigenvalue weighted by Gasteiger charge is -2.12. The number of methoxy groups -OCH3 is 1. The maximum absolute atomic E-state index is 13.9. The molecule has 0 saturated heterocycles. The molecular weight excluding hydrogens is 415 g/mol. The highest BCUT2D eigenvalue weighted by Gasteiger charge is 2.23. The van der Waals surface area contributed by atoms with Gasteiger partial charge < -0.3 is 4.74 Å². The number of halogens is 2. The van der Waals surface area contributed by atoms with Crippen molar-refractivity contribution in [2.24, 2.45) is 0 Å². The van der Waals surface area contributed by atoms with E-state index in [1.54, 1.807) is 30.3 Å². The fourth-order valence-corrected chi connectivity index (χ4v) is 4.76. The molecule has 2 heterocycles. The van der Waals surface area contributed by atoms with Crippen molar-refractivity contribution in [1.29, 1.82) is 0 Å². The number of fused-ring (bicyclic) bond motifs is 1. The van der Waals surface area contributed by atoms with E-state index in [1.165, 1.54) is 37.7 Å². The van der Waals surface area contributed by atoms with Crippen molar-refractivity contribution in [2.45, 2.75) is 11.8 Å². The van der Waals surface area contributed by atoms with Gasteiger partial charge >= 0.3 is 0 Å². The Morgan fingerprint density at radius 2 is 1.83 bits per heavy atom. The van der Waals surface area contributed by atoms with E-state index in [1.807, 2.05) is 6.92 Å². The smallest absolute Gasteiger partial charge is 0.269 e. The van der Waals surface area contributed by atoms with E-state index < -0.39 is 15.8 Å². The summed E-state index contributed by atoms with van der Waals surface area (Å²) in [4.78, 5) is 4.37. The van der Waals surface area contributed by atoms with Crippen LogP contribution < -0.4 is 4.74 Å². The number of hydrogen-bond donors (Lipinski definition) is 0. The Balaban J connectivity index is 1.98. The summed E-state index contributed by atoms with van der Waals surface area (Å²) in [6.45, 7) is 1.88. The minimum Gasteiger partial charge on any atom is -0.496 e. The molecule has 0 atom stereocenters. The van der Waals surface area contributed by atoms with Gasteiger partial charge in [-0.1, -0.05) is 29.3 Å². The van der Waals surface area contributed by atoms with Crippen LogP contribution in [-0.2, 0) is 10.0 Å². The standard InChI is InChI=1S/C21H16ClFN2O3S/c1-13-3-6-15(7-4-13)29(26,27)25-10-9-16-20(18(22)12-24-21(16)25)17-11-14(23)5-8-19(17)28-2/h3-12H,1-2H3. The second-order valence-electron chi connectivity index (χ2n) is 6.49. The van der Waals surface area contributed by atoms with Gasteiger partial charge in [-0.25, -0.2) is 21.8 Å². The van der Waals surface area contributed by atoms with Gasteiger partial charge in [-0.2, -0.15) is 0 Å². The summed E-state index contributed by atoms with van der Waals surface area (Å²) in [6, 6.07) is 12.2. The lowest BCUT2D eigenvalue weighted by Crippen LogP contribution is -2.12. The van der Waals surface area contributed by atoms with Crippen LogP contribution in [0.1, 0.15) is 5.56 Å². The van der Waals surface area contributed by atoms with Gasteiger partial charge in [0.25, 0.3) is 10.0 Å². The zero-order valence-corrected chi connectivity index (χ0v) is 17.1. The van der Waals surface area contributed by atoms with Crippen molar-refractivity contribution in [3.63, 3.8) is 0 Å². The first kappa shape index (κ1) is 19.4. The number of nitrogens with zero attached hydrogens (tertiary/aromatic N) is 2. The minimum absolute atomic E-state index is 0.141. The molecule has 0 aliphatic rings. The molecule has 0 amide bonds. The summed E-state index contributed by atoms with van der Waals surface area (Å²) in [6.07, 6.45) is 2.77. The van der Waals surface area contributed by atoms with Crippen LogP contribution in [0.15, 0.2) is 65.8 Å². The molecule has 4 rings (SSSR count). The van der Waals surface area contributed by atoms with Crippen LogP contribution in [0.25, 0.3) is 22.2 Å². The third kappa shape index (κ3) is 3.26. The van der Waals surface area contributed by atoms with Crippen LogP contribution in [-0.4, -0.2) is 24.5 Å². The monoisotopic (exact) mass is 430 g/mol. The number of aromatic nitrogens is 2. The first-order chi connectivity index (χ1) is 13.8. The number of aryl methyl sites for hydroxylation is 1. The first-order valence-electron chi connectivity index (χ1n) is 8.64. The lowest BCUT2D eigenvalue weighted by molar-refractivity contribution is 0.415. The summed E-state index contributed by atoms with van der Waals surface area (Å²) in [5, 5.41) is 0.726. The molecule has 0 unspecified atom stereocenters. The van der Waals surface area contributed by atoms with E-state index in [0.717, 1.165) is 9.54 Å². The molecule has 29 heavy (non-hydrogen) atoms. The Morgan fingerprint density at radius 3 is 2.52 bits per heavy atom. The molecule has 0 fully saturated rings. The third-order valence-corrected chi connectivity index (χ3v) is 6.61. The molecule has 0 spiro atoms. The van der Waals surface area contributed by atoms with E-state index in [-0.39, 0.29) is 15.6 Å². The Bertz CT molecular complexity index is 1330. The molecule has 2 aromatic carbocycles. The van der Waals surface area contributed by atoms with E-state index in [0.29, 0.717) is 22.3 Å².